The number of nitrogens with two attached hydrogens (primary N) is 1. The summed E-state index contributed by atoms with van der Waals surface area (Å²) >= 11 is 5.98. The van der Waals surface area contributed by atoms with Gasteiger partial charge in [-0.15, -0.1) is 0 Å². The van der Waals surface area contributed by atoms with Gasteiger partial charge in [-0.1, -0.05) is 11.6 Å². The van der Waals surface area contributed by atoms with Crippen LogP contribution in [0.3, 0.4) is 0 Å². The Bertz CT molecular complexity index is 675. The average molecular weight is 314 g/mol. The third kappa shape index (κ3) is 2.73. The Kier molecular flexibility index (Phi) is 3.59. The van der Waals surface area contributed by atoms with Crippen LogP contribution in [0.25, 0.3) is 10.9 Å². The highest BCUT2D eigenvalue weighted by Crippen LogP contribution is 2.34. The van der Waals surface area contributed by atoms with Crippen molar-refractivity contribution in [1.29, 1.82) is 0 Å². The maximum atomic E-state index is 13.9. The number of nitrogen functional groups attached to an aromatic ring is 1. The van der Waals surface area contributed by atoms with Crippen LogP contribution in [-0.4, -0.2) is 30.2 Å². The maximum absolute atomic E-state index is 13.9. The van der Waals surface area contributed by atoms with Gasteiger partial charge in [-0.3, -0.25) is 4.98 Å². The minimum atomic E-state index is -2.95. The quantitative estimate of drug-likeness (QED) is 0.893. The zero-order chi connectivity index (χ0) is 15.0. The lowest BCUT2D eigenvalue weighted by molar-refractivity contribution is -0.122. The summed E-state index contributed by atoms with van der Waals surface area (Å²) in [5.41, 5.74) is 7.29. The molecule has 1 fully saturated rings. The van der Waals surface area contributed by atoms with E-state index < -0.39 is 18.6 Å². The molecule has 3 N–H and O–H groups in total. The van der Waals surface area contributed by atoms with E-state index in [1.54, 1.807) is 18.2 Å². The summed E-state index contributed by atoms with van der Waals surface area (Å²) in [5.74, 6) is -2.95. The van der Waals surface area contributed by atoms with Gasteiger partial charge < -0.3 is 15.8 Å². The molecule has 2 aromatic rings. The van der Waals surface area contributed by atoms with Gasteiger partial charge in [0.2, 0.25) is 0 Å². The Morgan fingerprint density at radius 2 is 2.24 bits per heavy atom. The van der Waals surface area contributed by atoms with Crippen LogP contribution < -0.4 is 11.1 Å². The number of benzene rings is 1. The molecule has 21 heavy (non-hydrogen) atoms. The number of fused-ring (bicyclic) bond motifs is 1. The molecule has 7 heteroatoms. The third-order valence-electron chi connectivity index (χ3n) is 3.53. The largest absolute Gasteiger partial charge is 0.396 e. The van der Waals surface area contributed by atoms with Gasteiger partial charge in [-0.25, -0.2) is 8.78 Å². The van der Waals surface area contributed by atoms with Crippen molar-refractivity contribution in [2.45, 2.75) is 18.4 Å². The van der Waals surface area contributed by atoms with E-state index in [9.17, 15) is 8.78 Å². The second-order valence-corrected chi connectivity index (χ2v) is 5.49. The predicted molar refractivity (Wildman–Crippen MR) is 79.0 cm³/mol. The Balaban J connectivity index is 2.03. The molecule has 0 radical (unpaired) electrons. The van der Waals surface area contributed by atoms with Crippen molar-refractivity contribution in [2.75, 3.05) is 24.3 Å². The fraction of sp³-hybridized carbons (Fsp3) is 0.357. The number of anilines is 2. The zero-order valence-corrected chi connectivity index (χ0v) is 11.8. The highest BCUT2D eigenvalue weighted by atomic mass is 35.5. The molecule has 4 nitrogen and oxygen atoms in total. The van der Waals surface area contributed by atoms with Crippen molar-refractivity contribution in [1.82, 2.24) is 4.98 Å². The Morgan fingerprint density at radius 1 is 1.43 bits per heavy atom. The number of pyridine rings is 1. The minimum absolute atomic E-state index is 0.205. The standard InChI is InChI=1S/C14H14ClF2N3O/c15-8-1-2-11-9(5-8)13(10(18)6-19-11)20-12-3-4-21-7-14(12,16)17/h1-2,5-6,12H,3-4,7,18H2,(H,19,20). The van der Waals surface area contributed by atoms with E-state index in [4.69, 9.17) is 22.1 Å². The number of alkyl halides is 2. The summed E-state index contributed by atoms with van der Waals surface area (Å²) in [7, 11) is 0. The molecule has 3 rings (SSSR count). The lowest BCUT2D eigenvalue weighted by Gasteiger charge is -2.33. The van der Waals surface area contributed by atoms with Gasteiger partial charge in [-0.2, -0.15) is 0 Å². The van der Waals surface area contributed by atoms with Gasteiger partial charge >= 0.3 is 0 Å². The summed E-state index contributed by atoms with van der Waals surface area (Å²) < 4.78 is 32.6. The highest BCUT2D eigenvalue weighted by Gasteiger charge is 2.42. The molecule has 0 aliphatic carbocycles. The molecule has 1 unspecified atom stereocenters. The third-order valence-corrected chi connectivity index (χ3v) is 3.77. The van der Waals surface area contributed by atoms with Crippen LogP contribution in [0.5, 0.6) is 0 Å². The van der Waals surface area contributed by atoms with E-state index in [1.807, 2.05) is 0 Å². The summed E-state index contributed by atoms with van der Waals surface area (Å²) in [6.07, 6.45) is 1.66. The molecule has 1 aromatic carbocycles. The molecule has 112 valence electrons. The van der Waals surface area contributed by atoms with Gasteiger partial charge in [0.05, 0.1) is 29.1 Å². The van der Waals surface area contributed by atoms with Gasteiger partial charge in [0.15, 0.2) is 0 Å². The van der Waals surface area contributed by atoms with E-state index in [0.717, 1.165) is 0 Å². The van der Waals surface area contributed by atoms with Crippen molar-refractivity contribution in [3.05, 3.63) is 29.4 Å². The molecule has 1 aliphatic heterocycles. The van der Waals surface area contributed by atoms with E-state index in [1.165, 1.54) is 6.20 Å². The van der Waals surface area contributed by atoms with Crippen LogP contribution in [0, 0.1) is 0 Å². The van der Waals surface area contributed by atoms with Crippen molar-refractivity contribution >= 4 is 33.9 Å². The Morgan fingerprint density at radius 3 is 3.00 bits per heavy atom. The zero-order valence-electron chi connectivity index (χ0n) is 11.1. The molecule has 0 spiro atoms. The summed E-state index contributed by atoms with van der Waals surface area (Å²) in [4.78, 5) is 4.18. The van der Waals surface area contributed by atoms with Crippen LogP contribution in [0.1, 0.15) is 6.42 Å². The molecular formula is C14H14ClF2N3O. The van der Waals surface area contributed by atoms with Crippen molar-refractivity contribution in [3.8, 4) is 0 Å². The lowest BCUT2D eigenvalue weighted by atomic mass is 10.0. The topological polar surface area (TPSA) is 60.2 Å². The number of aromatic nitrogens is 1. The first-order valence-electron chi connectivity index (χ1n) is 6.53. The molecular weight excluding hydrogens is 300 g/mol. The number of rotatable bonds is 2. The van der Waals surface area contributed by atoms with Crippen LogP contribution in [0.15, 0.2) is 24.4 Å². The Labute approximate surface area is 125 Å². The molecule has 0 saturated carbocycles. The lowest BCUT2D eigenvalue weighted by Crippen LogP contribution is -2.47. The first-order valence-corrected chi connectivity index (χ1v) is 6.91. The molecule has 1 atom stereocenters. The van der Waals surface area contributed by atoms with Crippen molar-refractivity contribution < 1.29 is 13.5 Å². The van der Waals surface area contributed by atoms with Crippen molar-refractivity contribution in [3.63, 3.8) is 0 Å². The fourth-order valence-electron chi connectivity index (χ4n) is 2.41. The van der Waals surface area contributed by atoms with Crippen LogP contribution in [0.2, 0.25) is 5.02 Å². The number of hydrogen-bond acceptors (Lipinski definition) is 4. The van der Waals surface area contributed by atoms with E-state index in [0.29, 0.717) is 27.3 Å². The summed E-state index contributed by atoms with van der Waals surface area (Å²) in [6.45, 7) is -0.300. The monoisotopic (exact) mass is 313 g/mol. The normalized spacial score (nSPS) is 21.4. The second kappa shape index (κ2) is 5.27. The highest BCUT2D eigenvalue weighted by molar-refractivity contribution is 6.31. The van der Waals surface area contributed by atoms with Gasteiger partial charge in [0, 0.05) is 17.0 Å². The van der Waals surface area contributed by atoms with Gasteiger partial charge in [0.1, 0.15) is 6.61 Å². The predicted octanol–water partition coefficient (Wildman–Crippen LogP) is 3.31. The first kappa shape index (κ1) is 14.3. The van der Waals surface area contributed by atoms with Gasteiger partial charge in [-0.05, 0) is 24.6 Å². The second-order valence-electron chi connectivity index (χ2n) is 5.05. The average Bonchev–Trinajstić information content (AvgIpc) is 2.43. The first-order chi connectivity index (χ1) is 9.97. The summed E-state index contributed by atoms with van der Waals surface area (Å²) in [5, 5.41) is 3.98. The Hall–Kier alpha value is -1.66. The minimum Gasteiger partial charge on any atom is -0.396 e. The van der Waals surface area contributed by atoms with E-state index >= 15 is 0 Å². The van der Waals surface area contributed by atoms with E-state index in [-0.39, 0.29) is 13.0 Å². The fourth-order valence-corrected chi connectivity index (χ4v) is 2.59. The number of halogens is 3. The molecule has 0 amide bonds. The van der Waals surface area contributed by atoms with Crippen molar-refractivity contribution in [2.24, 2.45) is 0 Å². The van der Waals surface area contributed by atoms with Crippen LogP contribution in [-0.2, 0) is 4.74 Å². The number of nitrogens with zero attached hydrogens (tertiary/aromatic N) is 1. The molecule has 1 aromatic heterocycles. The van der Waals surface area contributed by atoms with Gasteiger partial charge in [0.25, 0.3) is 5.92 Å². The number of nitrogens with one attached hydrogen (secondary N) is 1. The van der Waals surface area contributed by atoms with Crippen LogP contribution >= 0.6 is 11.6 Å². The molecule has 2 heterocycles. The SMILES string of the molecule is Nc1cnc2ccc(Cl)cc2c1NC1CCOCC1(F)F. The molecule has 1 saturated heterocycles. The van der Waals surface area contributed by atoms with Crippen LogP contribution in [0.4, 0.5) is 20.2 Å². The molecule has 1 aliphatic rings. The number of ether oxygens (including phenoxy) is 1. The smallest absolute Gasteiger partial charge is 0.290 e. The summed E-state index contributed by atoms with van der Waals surface area (Å²) in [6, 6.07) is 4.06. The maximum Gasteiger partial charge on any atom is 0.290 e. The number of hydrogen-bond donors (Lipinski definition) is 2. The van der Waals surface area contributed by atoms with E-state index in [2.05, 4.69) is 10.3 Å². The molecule has 0 bridgehead atoms.